The van der Waals surface area contributed by atoms with Gasteiger partial charge in [0.05, 0.1) is 24.9 Å². The van der Waals surface area contributed by atoms with Crippen LogP contribution in [-0.2, 0) is 13.0 Å². The van der Waals surface area contributed by atoms with Gasteiger partial charge >= 0.3 is 0 Å². The topological polar surface area (TPSA) is 59.5 Å². The molecule has 1 aromatic heterocycles. The summed E-state index contributed by atoms with van der Waals surface area (Å²) in [6.45, 7) is 1.76. The number of nitrogens with one attached hydrogen (secondary N) is 1. The van der Waals surface area contributed by atoms with Crippen molar-refractivity contribution in [3.63, 3.8) is 0 Å². The van der Waals surface area contributed by atoms with Crippen molar-refractivity contribution in [1.29, 1.82) is 0 Å². The Morgan fingerprint density at radius 1 is 1.04 bits per heavy atom. The second kappa shape index (κ2) is 7.94. The second-order valence-electron chi connectivity index (χ2n) is 6.49. The van der Waals surface area contributed by atoms with E-state index in [0.717, 1.165) is 25.3 Å². The van der Waals surface area contributed by atoms with Crippen LogP contribution in [0.5, 0.6) is 11.5 Å². The summed E-state index contributed by atoms with van der Waals surface area (Å²) in [5, 5.41) is 3.69. The van der Waals surface area contributed by atoms with Crippen molar-refractivity contribution in [2.45, 2.75) is 13.0 Å². The number of aromatic nitrogens is 2. The Kier molecular flexibility index (Phi) is 5.21. The third kappa shape index (κ3) is 3.68. The van der Waals surface area contributed by atoms with Gasteiger partial charge in [0.2, 0.25) is 5.95 Å². The summed E-state index contributed by atoms with van der Waals surface area (Å²) >= 11 is 6.18. The van der Waals surface area contributed by atoms with E-state index >= 15 is 0 Å². The van der Waals surface area contributed by atoms with Gasteiger partial charge in [0.1, 0.15) is 17.3 Å². The van der Waals surface area contributed by atoms with Crippen LogP contribution >= 0.6 is 11.6 Å². The highest BCUT2D eigenvalue weighted by molar-refractivity contribution is 6.32. The van der Waals surface area contributed by atoms with Crippen LogP contribution in [0.25, 0.3) is 0 Å². The van der Waals surface area contributed by atoms with Gasteiger partial charge in [0, 0.05) is 31.4 Å². The van der Waals surface area contributed by atoms with Crippen LogP contribution in [0.15, 0.2) is 48.7 Å². The summed E-state index contributed by atoms with van der Waals surface area (Å²) in [7, 11) is 3.16. The molecule has 144 valence electrons. The molecular weight excluding hydrogens is 376 g/mol. The molecule has 0 amide bonds. The van der Waals surface area contributed by atoms with Gasteiger partial charge in [-0.1, -0.05) is 35.9 Å². The van der Waals surface area contributed by atoms with E-state index in [4.69, 9.17) is 26.1 Å². The van der Waals surface area contributed by atoms with Crippen LogP contribution in [-0.4, -0.2) is 30.7 Å². The average molecular weight is 397 g/mol. The zero-order chi connectivity index (χ0) is 19.5. The van der Waals surface area contributed by atoms with Crippen LogP contribution in [0.2, 0.25) is 5.02 Å². The summed E-state index contributed by atoms with van der Waals surface area (Å²) in [6.07, 6.45) is 2.76. The molecule has 0 bridgehead atoms. The predicted octanol–water partition coefficient (Wildman–Crippen LogP) is 4.45. The lowest BCUT2D eigenvalue weighted by Gasteiger charge is -2.29. The molecule has 0 spiro atoms. The lowest BCUT2D eigenvalue weighted by molar-refractivity contribution is 0.405. The number of halogens is 1. The molecule has 0 radical (unpaired) electrons. The highest BCUT2D eigenvalue weighted by Gasteiger charge is 2.18. The molecule has 0 unspecified atom stereocenters. The number of rotatable bonds is 5. The van der Waals surface area contributed by atoms with Crippen LogP contribution in [0.3, 0.4) is 0 Å². The highest BCUT2D eigenvalue weighted by Crippen LogP contribution is 2.37. The molecule has 4 rings (SSSR count). The first-order chi connectivity index (χ1) is 13.7. The number of fused-ring (bicyclic) bond motifs is 1. The smallest absolute Gasteiger partial charge is 0.229 e. The fraction of sp³-hybridized carbons (Fsp3) is 0.238. The van der Waals surface area contributed by atoms with Crippen molar-refractivity contribution in [1.82, 2.24) is 9.97 Å². The molecule has 0 saturated heterocycles. The number of hydrogen-bond donors (Lipinski definition) is 1. The number of methoxy groups -OCH3 is 2. The van der Waals surface area contributed by atoms with Crippen LogP contribution < -0.4 is 19.7 Å². The van der Waals surface area contributed by atoms with Gasteiger partial charge < -0.3 is 19.7 Å². The van der Waals surface area contributed by atoms with Crippen molar-refractivity contribution >= 4 is 29.1 Å². The maximum Gasteiger partial charge on any atom is 0.229 e. The van der Waals surface area contributed by atoms with Crippen molar-refractivity contribution in [2.75, 3.05) is 31.0 Å². The van der Waals surface area contributed by atoms with E-state index < -0.39 is 0 Å². The van der Waals surface area contributed by atoms with Crippen molar-refractivity contribution in [3.8, 4) is 11.5 Å². The maximum absolute atomic E-state index is 6.18. The Morgan fingerprint density at radius 2 is 1.82 bits per heavy atom. The molecule has 7 heteroatoms. The highest BCUT2D eigenvalue weighted by atomic mass is 35.5. The normalized spacial score (nSPS) is 13.0. The minimum Gasteiger partial charge on any atom is -0.495 e. The lowest BCUT2D eigenvalue weighted by atomic mass is 10.00. The molecule has 6 nitrogen and oxygen atoms in total. The lowest BCUT2D eigenvalue weighted by Crippen LogP contribution is -2.31. The molecule has 1 N–H and O–H groups in total. The van der Waals surface area contributed by atoms with E-state index in [2.05, 4.69) is 39.5 Å². The van der Waals surface area contributed by atoms with E-state index in [1.54, 1.807) is 32.5 Å². The number of ether oxygens (including phenoxy) is 2. The van der Waals surface area contributed by atoms with Gasteiger partial charge in [0.25, 0.3) is 0 Å². The summed E-state index contributed by atoms with van der Waals surface area (Å²) in [5.74, 6) is 2.51. The Balaban J connectivity index is 1.59. The quantitative estimate of drug-likeness (QED) is 0.687. The zero-order valence-electron chi connectivity index (χ0n) is 15.8. The van der Waals surface area contributed by atoms with Crippen molar-refractivity contribution in [2.24, 2.45) is 0 Å². The number of nitrogens with zero attached hydrogens (tertiary/aromatic N) is 3. The van der Waals surface area contributed by atoms with Gasteiger partial charge in [-0.2, -0.15) is 4.98 Å². The molecule has 0 fully saturated rings. The maximum atomic E-state index is 6.18. The molecule has 28 heavy (non-hydrogen) atoms. The first kappa shape index (κ1) is 18.4. The largest absolute Gasteiger partial charge is 0.495 e. The third-order valence-electron chi connectivity index (χ3n) is 4.82. The van der Waals surface area contributed by atoms with Gasteiger partial charge in [-0.15, -0.1) is 0 Å². The first-order valence-electron chi connectivity index (χ1n) is 9.01. The van der Waals surface area contributed by atoms with Gasteiger partial charge in [-0.3, -0.25) is 0 Å². The van der Waals surface area contributed by atoms with E-state index in [0.29, 0.717) is 28.2 Å². The average Bonchev–Trinajstić information content (AvgIpc) is 2.74. The molecule has 0 aliphatic carbocycles. The van der Waals surface area contributed by atoms with E-state index in [-0.39, 0.29) is 0 Å². The van der Waals surface area contributed by atoms with Gasteiger partial charge in [-0.25, -0.2) is 4.98 Å². The third-order valence-corrected chi connectivity index (χ3v) is 5.11. The van der Waals surface area contributed by atoms with Crippen LogP contribution in [0.4, 0.5) is 17.5 Å². The van der Waals surface area contributed by atoms with Crippen LogP contribution in [0, 0.1) is 0 Å². The fourth-order valence-electron chi connectivity index (χ4n) is 3.36. The first-order valence-corrected chi connectivity index (χ1v) is 9.39. The molecule has 1 aliphatic heterocycles. The van der Waals surface area contributed by atoms with E-state index in [1.807, 2.05) is 6.07 Å². The summed E-state index contributed by atoms with van der Waals surface area (Å²) < 4.78 is 10.7. The Hall–Kier alpha value is -2.99. The summed E-state index contributed by atoms with van der Waals surface area (Å²) in [6, 6.07) is 13.9. The van der Waals surface area contributed by atoms with Gasteiger partial charge in [0.15, 0.2) is 0 Å². The molecule has 2 heterocycles. The number of hydrogen-bond acceptors (Lipinski definition) is 6. The minimum atomic E-state index is 0.478. The molecule has 3 aromatic rings. The van der Waals surface area contributed by atoms with Crippen molar-refractivity contribution < 1.29 is 9.47 Å². The number of anilines is 3. The summed E-state index contributed by atoms with van der Waals surface area (Å²) in [4.78, 5) is 11.3. The Morgan fingerprint density at radius 3 is 2.61 bits per heavy atom. The standard InChI is InChI=1S/C21H21ClN4O2/c1-27-18-12-17(19(28-2)11-16(18)22)24-21-23-9-7-20(25-21)26-10-8-14-5-3-4-6-15(14)13-26/h3-7,9,11-12H,8,10,13H2,1-2H3,(H,23,24,25). The van der Waals surface area contributed by atoms with Gasteiger partial charge in [-0.05, 0) is 23.6 Å². The van der Waals surface area contributed by atoms with E-state index in [9.17, 15) is 0 Å². The second-order valence-corrected chi connectivity index (χ2v) is 6.90. The Labute approximate surface area is 169 Å². The molecule has 2 aromatic carbocycles. The molecular formula is C21H21ClN4O2. The van der Waals surface area contributed by atoms with Crippen LogP contribution in [0.1, 0.15) is 11.1 Å². The zero-order valence-corrected chi connectivity index (χ0v) is 16.5. The van der Waals surface area contributed by atoms with Crippen molar-refractivity contribution in [3.05, 3.63) is 64.8 Å². The SMILES string of the molecule is COc1cc(Nc2nccc(N3CCc4ccccc4C3)n2)c(OC)cc1Cl. The monoisotopic (exact) mass is 396 g/mol. The van der Waals surface area contributed by atoms with E-state index in [1.165, 1.54) is 11.1 Å². The molecule has 0 saturated carbocycles. The predicted molar refractivity (Wildman–Crippen MR) is 111 cm³/mol. The summed E-state index contributed by atoms with van der Waals surface area (Å²) in [5.41, 5.74) is 3.43. The number of benzene rings is 2. The molecule has 1 aliphatic rings. The Bertz CT molecular complexity index is 996. The molecule has 0 atom stereocenters. The fourth-order valence-corrected chi connectivity index (χ4v) is 3.59. The minimum absolute atomic E-state index is 0.478.